The van der Waals surface area contributed by atoms with Gasteiger partial charge in [-0.2, -0.15) is 0 Å². The van der Waals surface area contributed by atoms with E-state index in [2.05, 4.69) is 20.6 Å². The van der Waals surface area contributed by atoms with Gasteiger partial charge in [0, 0.05) is 18.2 Å². The first-order chi connectivity index (χ1) is 11.6. The Morgan fingerprint density at radius 2 is 1.88 bits per heavy atom. The second-order valence-electron chi connectivity index (χ2n) is 5.85. The summed E-state index contributed by atoms with van der Waals surface area (Å²) in [6.45, 7) is 0. The van der Waals surface area contributed by atoms with E-state index in [0.29, 0.717) is 17.9 Å². The molecule has 0 unspecified atom stereocenters. The molecule has 1 aliphatic carbocycles. The van der Waals surface area contributed by atoms with Crippen molar-refractivity contribution >= 4 is 17.4 Å². The summed E-state index contributed by atoms with van der Waals surface area (Å²) in [5.41, 5.74) is 0.0221. The third-order valence-corrected chi connectivity index (χ3v) is 4.04. The molecule has 1 aromatic carbocycles. The molecule has 5 nitrogen and oxygen atoms in total. The summed E-state index contributed by atoms with van der Waals surface area (Å²) in [5.74, 6) is -1.54. The van der Waals surface area contributed by atoms with Gasteiger partial charge in [-0.1, -0.05) is 19.3 Å². The quantitative estimate of drug-likeness (QED) is 0.895. The third kappa shape index (κ3) is 4.04. The summed E-state index contributed by atoms with van der Waals surface area (Å²) in [7, 11) is 0. The number of nitrogens with zero attached hydrogens (tertiary/aromatic N) is 2. The fraction of sp³-hybridized carbons (Fsp3) is 0.353. The van der Waals surface area contributed by atoms with Gasteiger partial charge in [-0.3, -0.25) is 4.79 Å². The van der Waals surface area contributed by atoms with Crippen LogP contribution in [0.15, 0.2) is 30.6 Å². The van der Waals surface area contributed by atoms with Gasteiger partial charge in [0.25, 0.3) is 5.91 Å². The van der Waals surface area contributed by atoms with E-state index < -0.39 is 17.5 Å². The molecule has 1 aromatic heterocycles. The van der Waals surface area contributed by atoms with E-state index in [1.54, 1.807) is 0 Å². The van der Waals surface area contributed by atoms with E-state index in [1.807, 2.05) is 0 Å². The maximum atomic E-state index is 13.6. The Hall–Kier alpha value is -2.57. The smallest absolute Gasteiger partial charge is 0.274 e. The summed E-state index contributed by atoms with van der Waals surface area (Å²) in [6.07, 6.45) is 7.05. The van der Waals surface area contributed by atoms with Gasteiger partial charge >= 0.3 is 0 Å². The van der Waals surface area contributed by atoms with Crippen LogP contribution in [0.3, 0.4) is 0 Å². The number of benzene rings is 1. The van der Waals surface area contributed by atoms with Crippen molar-refractivity contribution in [1.82, 2.24) is 9.97 Å². The highest BCUT2D eigenvalue weighted by atomic mass is 19.1. The molecule has 0 bridgehead atoms. The zero-order chi connectivity index (χ0) is 16.9. The Morgan fingerprint density at radius 1 is 1.08 bits per heavy atom. The maximum Gasteiger partial charge on any atom is 0.274 e. The summed E-state index contributed by atoms with van der Waals surface area (Å²) in [6, 6.07) is 4.84. The predicted octanol–water partition coefficient (Wildman–Crippen LogP) is 3.75. The molecule has 1 saturated carbocycles. The number of aromatic nitrogens is 2. The minimum atomic E-state index is -0.835. The monoisotopic (exact) mass is 332 g/mol. The van der Waals surface area contributed by atoms with Gasteiger partial charge < -0.3 is 10.6 Å². The number of carbonyl (C=O) groups is 1. The largest absolute Gasteiger partial charge is 0.367 e. The maximum absolute atomic E-state index is 13.6. The summed E-state index contributed by atoms with van der Waals surface area (Å²) in [4.78, 5) is 20.2. The molecule has 7 heteroatoms. The predicted molar refractivity (Wildman–Crippen MR) is 86.8 cm³/mol. The first kappa shape index (κ1) is 16.3. The molecule has 126 valence electrons. The van der Waals surface area contributed by atoms with E-state index in [-0.39, 0.29) is 11.4 Å². The molecule has 24 heavy (non-hydrogen) atoms. The molecule has 1 heterocycles. The second-order valence-corrected chi connectivity index (χ2v) is 5.85. The lowest BCUT2D eigenvalue weighted by atomic mass is 9.95. The zero-order valence-corrected chi connectivity index (χ0v) is 13.1. The Balaban J connectivity index is 1.69. The molecule has 1 fully saturated rings. The van der Waals surface area contributed by atoms with Gasteiger partial charge in [0.2, 0.25) is 0 Å². The lowest BCUT2D eigenvalue weighted by Crippen LogP contribution is -2.23. The normalized spacial score (nSPS) is 15.1. The van der Waals surface area contributed by atoms with Crippen LogP contribution in [0, 0.1) is 11.6 Å². The summed E-state index contributed by atoms with van der Waals surface area (Å²) >= 11 is 0. The average molecular weight is 332 g/mol. The summed E-state index contributed by atoms with van der Waals surface area (Å²) in [5, 5.41) is 5.69. The third-order valence-electron chi connectivity index (χ3n) is 4.04. The molecule has 0 aliphatic heterocycles. The number of hydrogen-bond acceptors (Lipinski definition) is 4. The summed E-state index contributed by atoms with van der Waals surface area (Å²) < 4.78 is 26.5. The minimum absolute atomic E-state index is 0.0956. The van der Waals surface area contributed by atoms with Crippen molar-refractivity contribution in [3.63, 3.8) is 0 Å². The fourth-order valence-corrected chi connectivity index (χ4v) is 2.79. The zero-order valence-electron chi connectivity index (χ0n) is 13.1. The number of carbonyl (C=O) groups excluding carboxylic acids is 1. The Morgan fingerprint density at radius 3 is 2.62 bits per heavy atom. The van der Waals surface area contributed by atoms with Gasteiger partial charge in [-0.15, -0.1) is 0 Å². The highest BCUT2D eigenvalue weighted by Gasteiger charge is 2.16. The van der Waals surface area contributed by atoms with Crippen molar-refractivity contribution in [3.8, 4) is 0 Å². The number of halogens is 2. The van der Waals surface area contributed by atoms with Crippen LogP contribution in [0.1, 0.15) is 42.6 Å². The Labute approximate surface area is 138 Å². The van der Waals surface area contributed by atoms with Crippen LogP contribution < -0.4 is 10.6 Å². The number of rotatable bonds is 4. The van der Waals surface area contributed by atoms with E-state index in [1.165, 1.54) is 37.7 Å². The van der Waals surface area contributed by atoms with Crippen LogP contribution in [0.5, 0.6) is 0 Å². The molecular weight excluding hydrogens is 314 g/mol. The molecule has 3 rings (SSSR count). The van der Waals surface area contributed by atoms with Crippen LogP contribution in [0.4, 0.5) is 20.3 Å². The molecule has 0 spiro atoms. The van der Waals surface area contributed by atoms with E-state index in [0.717, 1.165) is 18.9 Å². The highest BCUT2D eigenvalue weighted by Crippen LogP contribution is 2.21. The topological polar surface area (TPSA) is 66.9 Å². The Bertz CT molecular complexity index is 732. The van der Waals surface area contributed by atoms with Crippen molar-refractivity contribution in [1.29, 1.82) is 0 Å². The van der Waals surface area contributed by atoms with E-state index in [4.69, 9.17) is 0 Å². The molecule has 0 radical (unpaired) electrons. The Kier molecular flexibility index (Phi) is 4.98. The fourth-order valence-electron chi connectivity index (χ4n) is 2.79. The average Bonchev–Trinajstić information content (AvgIpc) is 2.58. The molecule has 0 atom stereocenters. The minimum Gasteiger partial charge on any atom is -0.367 e. The standard InChI is InChI=1S/C17H18F2N4O/c18-11-6-7-14(13(19)8-11)23-17(24)15-9-16(21-10-20-15)22-12-4-2-1-3-5-12/h6-10,12H,1-5H2,(H,23,24)(H,20,21,22). The van der Waals surface area contributed by atoms with Gasteiger partial charge in [0.15, 0.2) is 0 Å². The lowest BCUT2D eigenvalue weighted by Gasteiger charge is -2.23. The van der Waals surface area contributed by atoms with Crippen LogP contribution in [0.25, 0.3) is 0 Å². The van der Waals surface area contributed by atoms with Crippen LogP contribution in [-0.2, 0) is 0 Å². The van der Waals surface area contributed by atoms with Crippen molar-refractivity contribution in [2.75, 3.05) is 10.6 Å². The molecule has 2 aromatic rings. The number of nitrogens with one attached hydrogen (secondary N) is 2. The van der Waals surface area contributed by atoms with Gasteiger partial charge in [0.1, 0.15) is 29.5 Å². The molecule has 0 saturated heterocycles. The molecule has 1 aliphatic rings. The van der Waals surface area contributed by atoms with Crippen molar-refractivity contribution in [2.45, 2.75) is 38.1 Å². The van der Waals surface area contributed by atoms with Gasteiger partial charge in [-0.05, 0) is 25.0 Å². The van der Waals surface area contributed by atoms with Crippen molar-refractivity contribution in [2.24, 2.45) is 0 Å². The van der Waals surface area contributed by atoms with Crippen LogP contribution >= 0.6 is 0 Å². The SMILES string of the molecule is O=C(Nc1ccc(F)cc1F)c1cc(NC2CCCCC2)ncn1. The number of anilines is 2. The first-order valence-electron chi connectivity index (χ1n) is 7.97. The van der Waals surface area contributed by atoms with Gasteiger partial charge in [0.05, 0.1) is 5.69 Å². The van der Waals surface area contributed by atoms with E-state index in [9.17, 15) is 13.6 Å². The van der Waals surface area contributed by atoms with Crippen molar-refractivity contribution < 1.29 is 13.6 Å². The number of amides is 1. The lowest BCUT2D eigenvalue weighted by molar-refractivity contribution is 0.102. The molecule has 2 N–H and O–H groups in total. The molecule has 1 amide bonds. The van der Waals surface area contributed by atoms with Crippen LogP contribution in [-0.4, -0.2) is 21.9 Å². The highest BCUT2D eigenvalue weighted by molar-refractivity contribution is 6.03. The van der Waals surface area contributed by atoms with Gasteiger partial charge in [-0.25, -0.2) is 18.7 Å². The first-order valence-corrected chi connectivity index (χ1v) is 7.97. The van der Waals surface area contributed by atoms with Crippen LogP contribution in [0.2, 0.25) is 0 Å². The number of hydrogen-bond donors (Lipinski definition) is 2. The van der Waals surface area contributed by atoms with Crippen molar-refractivity contribution in [3.05, 3.63) is 47.9 Å². The van der Waals surface area contributed by atoms with E-state index >= 15 is 0 Å². The second kappa shape index (κ2) is 7.33. The molecular formula is C17H18F2N4O.